The minimum atomic E-state index is 0.0412. The molecule has 0 amide bonds. The van der Waals surface area contributed by atoms with Crippen LogP contribution in [-0.2, 0) is 7.05 Å². The van der Waals surface area contributed by atoms with Gasteiger partial charge in [0.2, 0.25) is 0 Å². The Balaban J connectivity index is 2.11. The molecule has 90 valence electrons. The van der Waals surface area contributed by atoms with Crippen molar-refractivity contribution in [1.29, 1.82) is 0 Å². The first kappa shape index (κ1) is 10.5. The normalized spacial score (nSPS) is 17.5. The first-order valence-electron chi connectivity index (χ1n) is 5.96. The van der Waals surface area contributed by atoms with Crippen molar-refractivity contribution >= 4 is 11.2 Å². The van der Waals surface area contributed by atoms with Crippen LogP contribution in [0.4, 0.5) is 0 Å². The number of fused-ring (bicyclic) bond motifs is 1. The predicted molar refractivity (Wildman–Crippen MR) is 66.1 cm³/mol. The van der Waals surface area contributed by atoms with Gasteiger partial charge in [-0.1, -0.05) is 6.92 Å². The van der Waals surface area contributed by atoms with E-state index in [1.807, 2.05) is 16.7 Å². The van der Waals surface area contributed by atoms with Crippen molar-refractivity contribution in [1.82, 2.24) is 19.0 Å². The first-order valence-corrected chi connectivity index (χ1v) is 5.96. The monoisotopic (exact) mass is 232 g/mol. The summed E-state index contributed by atoms with van der Waals surface area (Å²) in [4.78, 5) is 18.8. The maximum absolute atomic E-state index is 12.2. The second kappa shape index (κ2) is 3.70. The Hall–Kier alpha value is -1.62. The standard InChI is InChI=1S/C12H16N4O/c1-3-15-7-9(8-15)16-11-10(5-4-6-13-11)14(2)12(16)17/h4-6,9H,3,7-8H2,1-2H3. The Morgan fingerprint density at radius 3 is 2.94 bits per heavy atom. The predicted octanol–water partition coefficient (Wildman–Crippen LogP) is 0.612. The van der Waals surface area contributed by atoms with Gasteiger partial charge in [-0.05, 0) is 18.7 Å². The van der Waals surface area contributed by atoms with Crippen LogP contribution in [0.1, 0.15) is 13.0 Å². The Labute approximate surface area is 99.3 Å². The summed E-state index contributed by atoms with van der Waals surface area (Å²) in [6, 6.07) is 4.09. The summed E-state index contributed by atoms with van der Waals surface area (Å²) >= 11 is 0. The van der Waals surface area contributed by atoms with E-state index < -0.39 is 0 Å². The van der Waals surface area contributed by atoms with E-state index in [1.54, 1.807) is 17.8 Å². The molecule has 0 N–H and O–H groups in total. The highest BCUT2D eigenvalue weighted by Gasteiger charge is 2.30. The van der Waals surface area contributed by atoms with Gasteiger partial charge in [0.1, 0.15) is 0 Å². The number of rotatable bonds is 2. The molecule has 17 heavy (non-hydrogen) atoms. The molecule has 0 spiro atoms. The van der Waals surface area contributed by atoms with E-state index >= 15 is 0 Å². The molecule has 0 unspecified atom stereocenters. The van der Waals surface area contributed by atoms with Gasteiger partial charge < -0.3 is 0 Å². The molecule has 0 bridgehead atoms. The van der Waals surface area contributed by atoms with Crippen LogP contribution in [0.5, 0.6) is 0 Å². The van der Waals surface area contributed by atoms with Crippen LogP contribution in [0, 0.1) is 0 Å². The number of pyridine rings is 1. The third-order valence-electron chi connectivity index (χ3n) is 3.60. The van der Waals surface area contributed by atoms with Crippen LogP contribution >= 0.6 is 0 Å². The zero-order chi connectivity index (χ0) is 12.0. The van der Waals surface area contributed by atoms with Gasteiger partial charge in [0.05, 0.1) is 11.6 Å². The van der Waals surface area contributed by atoms with E-state index in [1.165, 1.54) is 0 Å². The zero-order valence-electron chi connectivity index (χ0n) is 10.1. The largest absolute Gasteiger partial charge is 0.330 e. The van der Waals surface area contributed by atoms with Gasteiger partial charge in [-0.25, -0.2) is 9.78 Å². The second-order valence-corrected chi connectivity index (χ2v) is 4.56. The van der Waals surface area contributed by atoms with E-state index in [0.29, 0.717) is 0 Å². The highest BCUT2D eigenvalue weighted by molar-refractivity contribution is 5.71. The summed E-state index contributed by atoms with van der Waals surface area (Å²) in [6.07, 6.45) is 1.74. The molecular formula is C12H16N4O. The van der Waals surface area contributed by atoms with Crippen LogP contribution in [0.15, 0.2) is 23.1 Å². The number of nitrogens with zero attached hydrogens (tertiary/aromatic N) is 4. The van der Waals surface area contributed by atoms with Gasteiger partial charge >= 0.3 is 5.69 Å². The second-order valence-electron chi connectivity index (χ2n) is 4.56. The minimum absolute atomic E-state index is 0.0412. The highest BCUT2D eigenvalue weighted by atomic mass is 16.1. The Morgan fingerprint density at radius 2 is 2.24 bits per heavy atom. The lowest BCUT2D eigenvalue weighted by atomic mass is 10.1. The zero-order valence-corrected chi connectivity index (χ0v) is 10.1. The average Bonchev–Trinajstić information content (AvgIpc) is 2.54. The fourth-order valence-corrected chi connectivity index (χ4v) is 2.48. The third-order valence-corrected chi connectivity index (χ3v) is 3.60. The lowest BCUT2D eigenvalue weighted by Gasteiger charge is -2.38. The average molecular weight is 232 g/mol. The minimum Gasteiger partial charge on any atom is -0.299 e. The van der Waals surface area contributed by atoms with E-state index in [2.05, 4.69) is 16.8 Å². The molecular weight excluding hydrogens is 216 g/mol. The maximum Gasteiger partial charge on any atom is 0.330 e. The molecule has 0 saturated carbocycles. The molecule has 0 atom stereocenters. The van der Waals surface area contributed by atoms with Gasteiger partial charge in [0.25, 0.3) is 0 Å². The molecule has 3 rings (SSSR count). The number of likely N-dealkylation sites (tertiary alicyclic amines) is 1. The lowest BCUT2D eigenvalue weighted by Crippen LogP contribution is -2.49. The van der Waals surface area contributed by atoms with E-state index in [0.717, 1.165) is 30.8 Å². The Morgan fingerprint density at radius 1 is 1.47 bits per heavy atom. The number of aromatic nitrogens is 3. The molecule has 3 heterocycles. The van der Waals surface area contributed by atoms with Crippen molar-refractivity contribution in [3.63, 3.8) is 0 Å². The molecule has 1 saturated heterocycles. The highest BCUT2D eigenvalue weighted by Crippen LogP contribution is 2.22. The lowest BCUT2D eigenvalue weighted by molar-refractivity contribution is 0.114. The number of hydrogen-bond acceptors (Lipinski definition) is 3. The van der Waals surface area contributed by atoms with Gasteiger partial charge in [-0.15, -0.1) is 0 Å². The summed E-state index contributed by atoms with van der Waals surface area (Å²) in [5, 5.41) is 0. The summed E-state index contributed by atoms with van der Waals surface area (Å²) in [7, 11) is 1.80. The summed E-state index contributed by atoms with van der Waals surface area (Å²) in [6.45, 7) is 5.09. The number of imidazole rings is 1. The van der Waals surface area contributed by atoms with Crippen molar-refractivity contribution < 1.29 is 0 Å². The molecule has 2 aromatic heterocycles. The Bertz CT molecular complexity index is 606. The van der Waals surface area contributed by atoms with Crippen LogP contribution in [0.25, 0.3) is 11.2 Å². The van der Waals surface area contributed by atoms with Crippen LogP contribution < -0.4 is 5.69 Å². The van der Waals surface area contributed by atoms with E-state index in [4.69, 9.17) is 0 Å². The molecule has 0 aliphatic carbocycles. The molecule has 0 aromatic carbocycles. The van der Waals surface area contributed by atoms with Crippen molar-refractivity contribution in [3.8, 4) is 0 Å². The molecule has 1 aliphatic rings. The first-order chi connectivity index (χ1) is 8.22. The summed E-state index contributed by atoms with van der Waals surface area (Å²) in [5.74, 6) is 0. The SMILES string of the molecule is CCN1CC(n2c(=O)n(C)c3cccnc32)C1. The van der Waals surface area contributed by atoms with Crippen molar-refractivity contribution in [2.75, 3.05) is 19.6 Å². The fraction of sp³-hybridized carbons (Fsp3) is 0.500. The molecule has 5 heteroatoms. The van der Waals surface area contributed by atoms with Crippen molar-refractivity contribution in [2.24, 2.45) is 7.05 Å². The fourth-order valence-electron chi connectivity index (χ4n) is 2.48. The van der Waals surface area contributed by atoms with Gasteiger partial charge in [-0.2, -0.15) is 0 Å². The molecule has 0 radical (unpaired) electrons. The van der Waals surface area contributed by atoms with E-state index in [-0.39, 0.29) is 11.7 Å². The molecule has 1 fully saturated rings. The molecule has 1 aliphatic heterocycles. The van der Waals surface area contributed by atoms with Crippen LogP contribution in [-0.4, -0.2) is 38.7 Å². The summed E-state index contributed by atoms with van der Waals surface area (Å²) < 4.78 is 3.51. The van der Waals surface area contributed by atoms with Crippen molar-refractivity contribution in [2.45, 2.75) is 13.0 Å². The summed E-state index contributed by atoms with van der Waals surface area (Å²) in [5.41, 5.74) is 1.76. The maximum atomic E-state index is 12.2. The van der Waals surface area contributed by atoms with Gasteiger partial charge in [-0.3, -0.25) is 14.0 Å². The molecule has 5 nitrogen and oxygen atoms in total. The van der Waals surface area contributed by atoms with Crippen LogP contribution in [0.2, 0.25) is 0 Å². The van der Waals surface area contributed by atoms with Gasteiger partial charge in [0.15, 0.2) is 5.65 Å². The molecule has 2 aromatic rings. The van der Waals surface area contributed by atoms with Gasteiger partial charge in [0, 0.05) is 26.3 Å². The third kappa shape index (κ3) is 1.42. The van der Waals surface area contributed by atoms with Crippen LogP contribution in [0.3, 0.4) is 0 Å². The quantitative estimate of drug-likeness (QED) is 0.762. The van der Waals surface area contributed by atoms with Crippen molar-refractivity contribution in [3.05, 3.63) is 28.8 Å². The smallest absolute Gasteiger partial charge is 0.299 e. The van der Waals surface area contributed by atoms with E-state index in [9.17, 15) is 4.79 Å². The Kier molecular flexibility index (Phi) is 2.29. The topological polar surface area (TPSA) is 43.1 Å². The number of aryl methyl sites for hydroxylation is 1. The number of likely N-dealkylation sites (N-methyl/N-ethyl adjacent to an activating group) is 1. The number of hydrogen-bond donors (Lipinski definition) is 0.